The lowest BCUT2D eigenvalue weighted by Gasteiger charge is -2.09. The fraction of sp³-hybridized carbons (Fsp3) is 0.357. The van der Waals surface area contributed by atoms with Gasteiger partial charge in [-0.2, -0.15) is 10.4 Å². The van der Waals surface area contributed by atoms with Gasteiger partial charge in [-0.25, -0.2) is 8.78 Å². The highest BCUT2D eigenvalue weighted by atomic mass is 19.3. The molecule has 6 heteroatoms. The van der Waals surface area contributed by atoms with Crippen molar-refractivity contribution >= 4 is 0 Å². The Bertz CT molecular complexity index is 711. The second kappa shape index (κ2) is 5.00. The van der Waals surface area contributed by atoms with Gasteiger partial charge in [-0.15, -0.1) is 0 Å². The van der Waals surface area contributed by atoms with E-state index in [-0.39, 0.29) is 11.3 Å². The highest BCUT2D eigenvalue weighted by Crippen LogP contribution is 2.30. The maximum Gasteiger partial charge on any atom is 0.265 e. The third-order valence-electron chi connectivity index (χ3n) is 3.29. The van der Waals surface area contributed by atoms with Crippen molar-refractivity contribution in [1.29, 1.82) is 5.26 Å². The van der Waals surface area contributed by atoms with E-state index in [1.54, 1.807) is 27.8 Å². The topological polar surface area (TPSA) is 54.5 Å². The molecule has 2 rings (SSSR count). The number of hydrogen-bond donors (Lipinski definition) is 0. The molecule has 0 aliphatic rings. The molecule has 20 heavy (non-hydrogen) atoms. The van der Waals surface area contributed by atoms with Gasteiger partial charge in [0, 0.05) is 23.9 Å². The van der Waals surface area contributed by atoms with Crippen molar-refractivity contribution in [1.82, 2.24) is 14.8 Å². The summed E-state index contributed by atoms with van der Waals surface area (Å²) in [6.45, 7) is 5.04. The molecule has 0 radical (unpaired) electrons. The van der Waals surface area contributed by atoms with E-state index in [1.165, 1.54) is 10.7 Å². The van der Waals surface area contributed by atoms with Crippen LogP contribution in [0, 0.1) is 32.1 Å². The molecule has 0 bridgehead atoms. The van der Waals surface area contributed by atoms with Crippen LogP contribution in [0.5, 0.6) is 0 Å². The van der Waals surface area contributed by atoms with Crippen LogP contribution in [0.25, 0.3) is 11.4 Å². The monoisotopic (exact) mass is 276 g/mol. The van der Waals surface area contributed by atoms with Crippen molar-refractivity contribution in [3.05, 3.63) is 34.1 Å². The quantitative estimate of drug-likeness (QED) is 0.846. The number of halogens is 2. The van der Waals surface area contributed by atoms with E-state index in [1.807, 2.05) is 0 Å². The van der Waals surface area contributed by atoms with Gasteiger partial charge in [0.25, 0.3) is 6.43 Å². The first-order valence-electron chi connectivity index (χ1n) is 6.07. The van der Waals surface area contributed by atoms with Gasteiger partial charge in [0.15, 0.2) is 0 Å². The molecule has 0 saturated heterocycles. The van der Waals surface area contributed by atoms with E-state index >= 15 is 0 Å². The Morgan fingerprint density at radius 2 is 1.90 bits per heavy atom. The van der Waals surface area contributed by atoms with Crippen molar-refractivity contribution in [3.63, 3.8) is 0 Å². The smallest absolute Gasteiger partial charge is 0.257 e. The van der Waals surface area contributed by atoms with Gasteiger partial charge in [-0.1, -0.05) is 0 Å². The number of rotatable bonds is 2. The minimum atomic E-state index is -2.55. The fourth-order valence-electron chi connectivity index (χ4n) is 2.20. The van der Waals surface area contributed by atoms with Crippen LogP contribution in [0.1, 0.15) is 34.5 Å². The molecule has 2 heterocycles. The minimum absolute atomic E-state index is 0.0691. The number of hydrogen-bond acceptors (Lipinski definition) is 3. The van der Waals surface area contributed by atoms with Gasteiger partial charge in [0.2, 0.25) is 0 Å². The summed E-state index contributed by atoms with van der Waals surface area (Å²) in [5, 5.41) is 13.3. The first-order chi connectivity index (χ1) is 9.36. The lowest BCUT2D eigenvalue weighted by Crippen LogP contribution is -2.00. The normalized spacial score (nSPS) is 10.9. The standard InChI is InChI=1S/C14H14F2N4/c1-7-5-10(14(15)16)9(3)18-12(7)13-8(2)11(6-17)20(4)19-13/h5,14H,1-4H3. The molecule has 0 aliphatic carbocycles. The highest BCUT2D eigenvalue weighted by molar-refractivity contribution is 5.65. The third kappa shape index (κ3) is 2.16. The van der Waals surface area contributed by atoms with Crippen molar-refractivity contribution < 1.29 is 8.78 Å². The van der Waals surface area contributed by atoms with Gasteiger partial charge >= 0.3 is 0 Å². The summed E-state index contributed by atoms with van der Waals surface area (Å²) < 4.78 is 27.2. The van der Waals surface area contributed by atoms with E-state index in [4.69, 9.17) is 5.26 Å². The molecule has 0 aromatic carbocycles. The molecule has 0 amide bonds. The number of aromatic nitrogens is 3. The number of nitrogens with zero attached hydrogens (tertiary/aromatic N) is 4. The summed E-state index contributed by atoms with van der Waals surface area (Å²) in [5.41, 5.74) is 3.08. The first-order valence-corrected chi connectivity index (χ1v) is 6.07. The van der Waals surface area contributed by atoms with Gasteiger partial charge in [0.05, 0.1) is 5.69 Å². The first kappa shape index (κ1) is 14.1. The molecule has 0 atom stereocenters. The molecule has 0 aliphatic heterocycles. The number of pyridine rings is 1. The van der Waals surface area contributed by atoms with Gasteiger partial charge in [0.1, 0.15) is 17.5 Å². The molecule has 4 nitrogen and oxygen atoms in total. The average molecular weight is 276 g/mol. The summed E-state index contributed by atoms with van der Waals surface area (Å²) in [4.78, 5) is 4.25. The predicted octanol–water partition coefficient (Wildman–Crippen LogP) is 3.22. The van der Waals surface area contributed by atoms with Crippen LogP contribution < -0.4 is 0 Å². The van der Waals surface area contributed by atoms with Crippen LogP contribution in [0.2, 0.25) is 0 Å². The maximum absolute atomic E-state index is 12.8. The van der Waals surface area contributed by atoms with Crippen molar-refractivity contribution in [2.24, 2.45) is 7.05 Å². The summed E-state index contributed by atoms with van der Waals surface area (Å²) in [5.74, 6) is 0. The van der Waals surface area contributed by atoms with E-state index in [0.717, 1.165) is 0 Å². The van der Waals surface area contributed by atoms with E-state index in [2.05, 4.69) is 16.2 Å². The SMILES string of the molecule is Cc1cc(C(F)F)c(C)nc1-c1nn(C)c(C#N)c1C. The Kier molecular flexibility index (Phi) is 3.53. The molecule has 0 saturated carbocycles. The summed E-state index contributed by atoms with van der Waals surface area (Å²) in [6, 6.07) is 3.50. The molecule has 0 spiro atoms. The van der Waals surface area contributed by atoms with E-state index < -0.39 is 6.43 Å². The Morgan fingerprint density at radius 1 is 1.25 bits per heavy atom. The Balaban J connectivity index is 2.66. The summed E-state index contributed by atoms with van der Waals surface area (Å²) in [6.07, 6.45) is -2.55. The zero-order valence-corrected chi connectivity index (χ0v) is 11.7. The van der Waals surface area contributed by atoms with Crippen LogP contribution in [-0.4, -0.2) is 14.8 Å². The molecule has 2 aromatic heterocycles. The molecule has 0 unspecified atom stereocenters. The highest BCUT2D eigenvalue weighted by Gasteiger charge is 2.20. The van der Waals surface area contributed by atoms with Crippen LogP contribution in [0.15, 0.2) is 6.07 Å². The Hall–Kier alpha value is -2.29. The summed E-state index contributed by atoms with van der Waals surface area (Å²) in [7, 11) is 1.67. The fourth-order valence-corrected chi connectivity index (χ4v) is 2.20. The third-order valence-corrected chi connectivity index (χ3v) is 3.29. The van der Waals surface area contributed by atoms with Crippen LogP contribution in [-0.2, 0) is 7.05 Å². The van der Waals surface area contributed by atoms with Crippen molar-refractivity contribution in [3.8, 4) is 17.5 Å². The van der Waals surface area contributed by atoms with Crippen LogP contribution >= 0.6 is 0 Å². The summed E-state index contributed by atoms with van der Waals surface area (Å²) >= 11 is 0. The largest absolute Gasteiger partial charge is 0.265 e. The van der Waals surface area contributed by atoms with Crippen LogP contribution in [0.4, 0.5) is 8.78 Å². The van der Waals surface area contributed by atoms with Crippen LogP contribution in [0.3, 0.4) is 0 Å². The predicted molar refractivity (Wildman–Crippen MR) is 70.3 cm³/mol. The van der Waals surface area contributed by atoms with Gasteiger partial charge < -0.3 is 0 Å². The number of nitriles is 1. The number of aryl methyl sites for hydroxylation is 3. The van der Waals surface area contributed by atoms with E-state index in [0.29, 0.717) is 28.2 Å². The van der Waals surface area contributed by atoms with Crippen molar-refractivity contribution in [2.45, 2.75) is 27.2 Å². The van der Waals surface area contributed by atoms with Crippen molar-refractivity contribution in [2.75, 3.05) is 0 Å². The molecule has 0 fully saturated rings. The lowest BCUT2D eigenvalue weighted by molar-refractivity contribution is 0.150. The number of alkyl halides is 2. The minimum Gasteiger partial charge on any atom is -0.257 e. The molecular formula is C14H14F2N4. The van der Waals surface area contributed by atoms with Gasteiger partial charge in [-0.3, -0.25) is 9.67 Å². The van der Waals surface area contributed by atoms with E-state index in [9.17, 15) is 8.78 Å². The molecule has 2 aromatic rings. The average Bonchev–Trinajstić information content (AvgIpc) is 2.66. The molecule has 0 N–H and O–H groups in total. The second-order valence-corrected chi connectivity index (χ2v) is 4.69. The lowest BCUT2D eigenvalue weighted by atomic mass is 10.0. The zero-order valence-electron chi connectivity index (χ0n) is 11.7. The Labute approximate surface area is 115 Å². The Morgan fingerprint density at radius 3 is 2.40 bits per heavy atom. The molecular weight excluding hydrogens is 262 g/mol. The zero-order chi connectivity index (χ0) is 15.0. The maximum atomic E-state index is 12.8. The second-order valence-electron chi connectivity index (χ2n) is 4.69. The molecule has 104 valence electrons. The van der Waals surface area contributed by atoms with Gasteiger partial charge in [-0.05, 0) is 32.4 Å².